The van der Waals surface area contributed by atoms with Crippen LogP contribution in [0.15, 0.2) is 12.5 Å². The SMILES string of the molecule is CCCNC(=O)CSCc1ncncc1C(=O)O. The van der Waals surface area contributed by atoms with Crippen LogP contribution in [0.25, 0.3) is 0 Å². The van der Waals surface area contributed by atoms with Crippen LogP contribution < -0.4 is 5.32 Å². The second-order valence-corrected chi connectivity index (χ2v) is 4.52. The molecule has 0 fully saturated rings. The molecule has 0 aliphatic heterocycles. The number of rotatable bonds is 7. The van der Waals surface area contributed by atoms with Crippen molar-refractivity contribution in [1.29, 1.82) is 0 Å². The lowest BCUT2D eigenvalue weighted by Gasteiger charge is -2.05. The van der Waals surface area contributed by atoms with E-state index in [1.807, 2.05) is 6.92 Å². The molecule has 1 aromatic rings. The van der Waals surface area contributed by atoms with Gasteiger partial charge in [0, 0.05) is 18.5 Å². The number of nitrogens with one attached hydrogen (secondary N) is 1. The lowest BCUT2D eigenvalue weighted by atomic mass is 10.2. The van der Waals surface area contributed by atoms with Crippen LogP contribution in [0.3, 0.4) is 0 Å². The zero-order valence-electron chi connectivity index (χ0n) is 10.0. The molecule has 6 nitrogen and oxygen atoms in total. The first-order valence-electron chi connectivity index (χ1n) is 5.51. The number of hydrogen-bond acceptors (Lipinski definition) is 5. The van der Waals surface area contributed by atoms with Gasteiger partial charge in [-0.3, -0.25) is 4.79 Å². The van der Waals surface area contributed by atoms with Crippen molar-refractivity contribution in [1.82, 2.24) is 15.3 Å². The van der Waals surface area contributed by atoms with E-state index in [2.05, 4.69) is 15.3 Å². The molecule has 0 aliphatic carbocycles. The fraction of sp³-hybridized carbons (Fsp3) is 0.455. The van der Waals surface area contributed by atoms with Crippen molar-refractivity contribution >= 4 is 23.6 Å². The summed E-state index contributed by atoms with van der Waals surface area (Å²) in [7, 11) is 0. The van der Waals surface area contributed by atoms with Crippen LogP contribution in [-0.2, 0) is 10.5 Å². The van der Waals surface area contributed by atoms with E-state index in [1.165, 1.54) is 24.3 Å². The Kier molecular flexibility index (Phi) is 6.13. The van der Waals surface area contributed by atoms with E-state index in [-0.39, 0.29) is 11.5 Å². The maximum Gasteiger partial charge on any atom is 0.339 e. The number of hydrogen-bond donors (Lipinski definition) is 2. The first-order valence-corrected chi connectivity index (χ1v) is 6.67. The summed E-state index contributed by atoms with van der Waals surface area (Å²) in [6, 6.07) is 0. The van der Waals surface area contributed by atoms with Gasteiger partial charge in [-0.25, -0.2) is 14.8 Å². The van der Waals surface area contributed by atoms with Crippen molar-refractivity contribution in [2.45, 2.75) is 19.1 Å². The molecule has 18 heavy (non-hydrogen) atoms. The summed E-state index contributed by atoms with van der Waals surface area (Å²) in [5.74, 6) is -0.429. The highest BCUT2D eigenvalue weighted by Gasteiger charge is 2.11. The summed E-state index contributed by atoms with van der Waals surface area (Å²) in [5.41, 5.74) is 0.518. The van der Waals surface area contributed by atoms with Crippen molar-refractivity contribution in [3.63, 3.8) is 0 Å². The minimum absolute atomic E-state index is 0.0484. The summed E-state index contributed by atoms with van der Waals surface area (Å²) < 4.78 is 0. The van der Waals surface area contributed by atoms with E-state index in [1.54, 1.807) is 0 Å². The average Bonchev–Trinajstić information content (AvgIpc) is 2.36. The largest absolute Gasteiger partial charge is 0.478 e. The van der Waals surface area contributed by atoms with Crippen molar-refractivity contribution in [3.05, 3.63) is 23.8 Å². The van der Waals surface area contributed by atoms with E-state index in [9.17, 15) is 9.59 Å². The fourth-order valence-corrected chi connectivity index (χ4v) is 2.02. The van der Waals surface area contributed by atoms with E-state index in [0.29, 0.717) is 23.7 Å². The second kappa shape index (κ2) is 7.65. The lowest BCUT2D eigenvalue weighted by molar-refractivity contribution is -0.118. The molecule has 2 N–H and O–H groups in total. The monoisotopic (exact) mass is 269 g/mol. The van der Waals surface area contributed by atoms with Gasteiger partial charge in [0.1, 0.15) is 11.9 Å². The Morgan fingerprint density at radius 3 is 2.94 bits per heavy atom. The Morgan fingerprint density at radius 1 is 1.50 bits per heavy atom. The third-order valence-corrected chi connectivity index (χ3v) is 3.01. The van der Waals surface area contributed by atoms with Crippen LogP contribution >= 0.6 is 11.8 Å². The molecule has 0 saturated carbocycles. The molecule has 98 valence electrons. The maximum atomic E-state index is 11.3. The zero-order chi connectivity index (χ0) is 13.4. The molecule has 1 heterocycles. The van der Waals surface area contributed by atoms with Gasteiger partial charge in [-0.1, -0.05) is 6.92 Å². The second-order valence-electron chi connectivity index (χ2n) is 3.53. The molecule has 1 rings (SSSR count). The van der Waals surface area contributed by atoms with Crippen LogP contribution in [0.4, 0.5) is 0 Å². The van der Waals surface area contributed by atoms with Gasteiger partial charge in [0.25, 0.3) is 0 Å². The summed E-state index contributed by atoms with van der Waals surface area (Å²) in [6.07, 6.45) is 3.47. The summed E-state index contributed by atoms with van der Waals surface area (Å²) >= 11 is 1.33. The molecular weight excluding hydrogens is 254 g/mol. The number of aromatic nitrogens is 2. The number of aromatic carboxylic acids is 1. The van der Waals surface area contributed by atoms with Crippen LogP contribution in [0.1, 0.15) is 29.4 Å². The average molecular weight is 269 g/mol. The fourth-order valence-electron chi connectivity index (χ4n) is 1.20. The highest BCUT2D eigenvalue weighted by molar-refractivity contribution is 7.99. The molecule has 1 amide bonds. The van der Waals surface area contributed by atoms with Crippen molar-refractivity contribution in [2.75, 3.05) is 12.3 Å². The lowest BCUT2D eigenvalue weighted by Crippen LogP contribution is -2.25. The van der Waals surface area contributed by atoms with Crippen LogP contribution in [0.2, 0.25) is 0 Å². The van der Waals surface area contributed by atoms with Crippen LogP contribution in [-0.4, -0.2) is 39.2 Å². The number of carboxylic acids is 1. The van der Waals surface area contributed by atoms with Gasteiger partial charge in [-0.15, -0.1) is 11.8 Å². The van der Waals surface area contributed by atoms with Gasteiger partial charge < -0.3 is 10.4 Å². The Hall–Kier alpha value is -1.63. The van der Waals surface area contributed by atoms with Crippen molar-refractivity contribution in [2.24, 2.45) is 0 Å². The number of amides is 1. The number of thioether (sulfide) groups is 1. The third-order valence-electron chi connectivity index (χ3n) is 2.07. The summed E-state index contributed by atoms with van der Waals surface area (Å²) in [6.45, 7) is 2.64. The predicted molar refractivity (Wildman–Crippen MR) is 68.5 cm³/mol. The van der Waals surface area contributed by atoms with Gasteiger partial charge in [0.2, 0.25) is 5.91 Å². The van der Waals surface area contributed by atoms with Gasteiger partial charge in [-0.05, 0) is 6.42 Å². The molecule has 0 spiro atoms. The Balaban J connectivity index is 2.44. The van der Waals surface area contributed by atoms with E-state index >= 15 is 0 Å². The Morgan fingerprint density at radius 2 is 2.28 bits per heavy atom. The minimum atomic E-state index is -1.05. The molecule has 0 aliphatic rings. The van der Waals surface area contributed by atoms with Gasteiger partial charge >= 0.3 is 5.97 Å². The van der Waals surface area contributed by atoms with E-state index in [4.69, 9.17) is 5.11 Å². The van der Waals surface area contributed by atoms with Gasteiger partial charge in [0.15, 0.2) is 0 Å². The van der Waals surface area contributed by atoms with Crippen molar-refractivity contribution < 1.29 is 14.7 Å². The highest BCUT2D eigenvalue weighted by Crippen LogP contribution is 2.13. The normalized spacial score (nSPS) is 10.1. The Bertz CT molecular complexity index is 426. The molecule has 0 unspecified atom stereocenters. The smallest absolute Gasteiger partial charge is 0.339 e. The number of carboxylic acid groups (broad SMARTS) is 1. The molecule has 1 aromatic heterocycles. The molecule has 0 saturated heterocycles. The number of carbonyl (C=O) groups is 2. The molecular formula is C11H15N3O3S. The highest BCUT2D eigenvalue weighted by atomic mass is 32.2. The first-order chi connectivity index (χ1) is 8.65. The number of nitrogens with zero attached hydrogens (tertiary/aromatic N) is 2. The molecule has 0 atom stereocenters. The molecule has 0 bridgehead atoms. The summed E-state index contributed by atoms with van der Waals surface area (Å²) in [5, 5.41) is 11.7. The minimum Gasteiger partial charge on any atom is -0.478 e. The van der Waals surface area contributed by atoms with Crippen LogP contribution in [0.5, 0.6) is 0 Å². The van der Waals surface area contributed by atoms with Crippen molar-refractivity contribution in [3.8, 4) is 0 Å². The predicted octanol–water partition coefficient (Wildman–Crippen LogP) is 0.934. The zero-order valence-corrected chi connectivity index (χ0v) is 10.9. The summed E-state index contributed by atoms with van der Waals surface area (Å²) in [4.78, 5) is 29.8. The molecule has 7 heteroatoms. The van der Waals surface area contributed by atoms with Gasteiger partial charge in [0.05, 0.1) is 11.4 Å². The third kappa shape index (κ3) is 4.70. The molecule has 0 aromatic carbocycles. The Labute approximate surface area is 109 Å². The molecule has 0 radical (unpaired) electrons. The van der Waals surface area contributed by atoms with Gasteiger partial charge in [-0.2, -0.15) is 0 Å². The topological polar surface area (TPSA) is 92.2 Å². The standard InChI is InChI=1S/C11H15N3O3S/c1-2-3-13-10(15)6-18-5-9-8(11(16)17)4-12-7-14-9/h4,7H,2-3,5-6H2,1H3,(H,13,15)(H,16,17). The number of carbonyl (C=O) groups excluding carboxylic acids is 1. The van der Waals surface area contributed by atoms with E-state index < -0.39 is 5.97 Å². The quantitative estimate of drug-likeness (QED) is 0.765. The van der Waals surface area contributed by atoms with E-state index in [0.717, 1.165) is 6.42 Å². The first kappa shape index (κ1) is 14.4. The maximum absolute atomic E-state index is 11.3. The van der Waals surface area contributed by atoms with Crippen LogP contribution in [0, 0.1) is 0 Å².